The maximum atomic E-state index is 2.80. The third kappa shape index (κ3) is 4.51. The van der Waals surface area contributed by atoms with Crippen LogP contribution in [0, 0.1) is 17.3 Å². The number of rotatable bonds is 4. The summed E-state index contributed by atoms with van der Waals surface area (Å²) in [5.41, 5.74) is 0.586. The molecule has 23 heavy (non-hydrogen) atoms. The summed E-state index contributed by atoms with van der Waals surface area (Å²) in [5, 5.41) is 0. The number of nitrogens with zero attached hydrogens (tertiary/aromatic N) is 2. The molecule has 1 saturated heterocycles. The lowest BCUT2D eigenvalue weighted by molar-refractivity contribution is 0.0111. The fourth-order valence-corrected chi connectivity index (χ4v) is 5.21. The van der Waals surface area contributed by atoms with Gasteiger partial charge in [0.15, 0.2) is 0 Å². The van der Waals surface area contributed by atoms with Crippen LogP contribution >= 0.6 is 0 Å². The van der Waals surface area contributed by atoms with Gasteiger partial charge >= 0.3 is 0 Å². The van der Waals surface area contributed by atoms with Crippen molar-refractivity contribution in [3.05, 3.63) is 0 Å². The van der Waals surface area contributed by atoms with Gasteiger partial charge in [-0.25, -0.2) is 0 Å². The zero-order chi connectivity index (χ0) is 18.0. The van der Waals surface area contributed by atoms with Crippen LogP contribution in [0.1, 0.15) is 88.5 Å². The molecule has 2 nitrogen and oxygen atoms in total. The Morgan fingerprint density at radius 2 is 1.30 bits per heavy atom. The van der Waals surface area contributed by atoms with E-state index in [2.05, 4.69) is 79.0 Å². The molecule has 1 fully saturated rings. The molecule has 2 heteroatoms. The monoisotopic (exact) mass is 324 g/mol. The topological polar surface area (TPSA) is 6.48 Å². The van der Waals surface area contributed by atoms with E-state index in [0.29, 0.717) is 17.5 Å². The Morgan fingerprint density at radius 3 is 1.61 bits per heavy atom. The van der Waals surface area contributed by atoms with Crippen LogP contribution in [0.25, 0.3) is 0 Å². The standard InChI is InChI=1S/C21H44N2/c1-11-16-17(12-2)23(21(8,9)10)15-22(14-4)18(13-3)19(16)20(5,6)7/h16-19H,11-15H2,1-10H3. The molecular weight excluding hydrogens is 280 g/mol. The first-order chi connectivity index (χ1) is 10.5. The van der Waals surface area contributed by atoms with Crippen molar-refractivity contribution >= 4 is 0 Å². The van der Waals surface area contributed by atoms with Crippen molar-refractivity contribution in [2.45, 2.75) is 106 Å². The molecular formula is C21H44N2. The van der Waals surface area contributed by atoms with Gasteiger partial charge in [-0.3, -0.25) is 9.80 Å². The van der Waals surface area contributed by atoms with E-state index in [9.17, 15) is 0 Å². The smallest absolute Gasteiger partial charge is 0.0516 e. The fraction of sp³-hybridized carbons (Fsp3) is 1.00. The highest BCUT2D eigenvalue weighted by Gasteiger charge is 2.47. The highest BCUT2D eigenvalue weighted by Crippen LogP contribution is 2.45. The molecule has 4 unspecified atom stereocenters. The molecule has 138 valence electrons. The van der Waals surface area contributed by atoms with E-state index in [4.69, 9.17) is 0 Å². The summed E-state index contributed by atoms with van der Waals surface area (Å²) in [6.45, 7) is 26.4. The van der Waals surface area contributed by atoms with Gasteiger partial charge in [0.1, 0.15) is 0 Å². The summed E-state index contributed by atoms with van der Waals surface area (Å²) in [5.74, 6) is 1.54. The lowest BCUT2D eigenvalue weighted by Crippen LogP contribution is -2.53. The second-order valence-corrected chi connectivity index (χ2v) is 9.60. The molecule has 0 spiro atoms. The van der Waals surface area contributed by atoms with Crippen LogP contribution in [0.15, 0.2) is 0 Å². The van der Waals surface area contributed by atoms with E-state index >= 15 is 0 Å². The molecule has 0 saturated carbocycles. The summed E-state index contributed by atoms with van der Waals surface area (Å²) in [6, 6.07) is 1.39. The van der Waals surface area contributed by atoms with Crippen molar-refractivity contribution in [2.75, 3.05) is 13.2 Å². The predicted molar refractivity (Wildman–Crippen MR) is 104 cm³/mol. The molecule has 0 aliphatic carbocycles. The lowest BCUT2D eigenvalue weighted by Gasteiger charge is -2.47. The second kappa shape index (κ2) is 7.87. The quantitative estimate of drug-likeness (QED) is 0.661. The molecule has 1 aliphatic heterocycles. The first-order valence-corrected chi connectivity index (χ1v) is 10.0. The van der Waals surface area contributed by atoms with Crippen LogP contribution in [0.5, 0.6) is 0 Å². The fourth-order valence-electron chi connectivity index (χ4n) is 5.21. The first-order valence-electron chi connectivity index (χ1n) is 10.0. The summed E-state index contributed by atoms with van der Waals surface area (Å²) < 4.78 is 0. The second-order valence-electron chi connectivity index (χ2n) is 9.60. The minimum atomic E-state index is 0.229. The normalized spacial score (nSPS) is 32.1. The third-order valence-electron chi connectivity index (χ3n) is 6.15. The molecule has 1 aliphatic rings. The molecule has 0 amide bonds. The van der Waals surface area contributed by atoms with Gasteiger partial charge in [0.05, 0.1) is 6.67 Å². The number of hydrogen-bond donors (Lipinski definition) is 0. The molecule has 0 N–H and O–H groups in total. The zero-order valence-electron chi connectivity index (χ0n) is 17.7. The Hall–Kier alpha value is -0.0800. The van der Waals surface area contributed by atoms with Crippen molar-refractivity contribution in [2.24, 2.45) is 17.3 Å². The van der Waals surface area contributed by atoms with Crippen LogP contribution in [0.2, 0.25) is 0 Å². The Kier molecular flexibility index (Phi) is 7.17. The first kappa shape index (κ1) is 21.0. The van der Waals surface area contributed by atoms with E-state index in [1.165, 1.54) is 19.3 Å². The van der Waals surface area contributed by atoms with Gasteiger partial charge in [0.2, 0.25) is 0 Å². The minimum Gasteiger partial charge on any atom is -0.287 e. The van der Waals surface area contributed by atoms with Crippen molar-refractivity contribution in [3.8, 4) is 0 Å². The Morgan fingerprint density at radius 1 is 0.783 bits per heavy atom. The van der Waals surface area contributed by atoms with Crippen LogP contribution in [0.3, 0.4) is 0 Å². The summed E-state index contributed by atoms with van der Waals surface area (Å²) in [4.78, 5) is 5.57. The van der Waals surface area contributed by atoms with Crippen molar-refractivity contribution in [3.63, 3.8) is 0 Å². The zero-order valence-corrected chi connectivity index (χ0v) is 17.7. The van der Waals surface area contributed by atoms with Crippen LogP contribution in [-0.2, 0) is 0 Å². The van der Waals surface area contributed by atoms with Gasteiger partial charge in [-0.2, -0.15) is 0 Å². The van der Waals surface area contributed by atoms with E-state index < -0.39 is 0 Å². The molecule has 1 heterocycles. The summed E-state index contributed by atoms with van der Waals surface area (Å²) in [7, 11) is 0. The van der Waals surface area contributed by atoms with Gasteiger partial charge in [0, 0.05) is 17.6 Å². The lowest BCUT2D eigenvalue weighted by atomic mass is 9.65. The average molecular weight is 325 g/mol. The Bertz CT molecular complexity index is 350. The average Bonchev–Trinajstić information content (AvgIpc) is 2.58. The maximum Gasteiger partial charge on any atom is 0.0516 e. The van der Waals surface area contributed by atoms with Crippen LogP contribution < -0.4 is 0 Å². The SMILES string of the molecule is CCC1C(CC)N(C(C)(C)C)CN(CC)C(CC)C1C(C)(C)C. The molecule has 1 rings (SSSR count). The summed E-state index contributed by atoms with van der Waals surface area (Å²) >= 11 is 0. The van der Waals surface area contributed by atoms with Crippen molar-refractivity contribution in [1.82, 2.24) is 9.80 Å². The Balaban J connectivity index is 3.45. The highest BCUT2D eigenvalue weighted by atomic mass is 15.4. The highest BCUT2D eigenvalue weighted by molar-refractivity contribution is 4.99. The van der Waals surface area contributed by atoms with Crippen molar-refractivity contribution < 1.29 is 0 Å². The van der Waals surface area contributed by atoms with E-state index in [1.54, 1.807) is 0 Å². The number of hydrogen-bond acceptors (Lipinski definition) is 2. The van der Waals surface area contributed by atoms with Gasteiger partial charge in [0.25, 0.3) is 0 Å². The molecule has 4 atom stereocenters. The van der Waals surface area contributed by atoms with E-state index in [-0.39, 0.29) is 5.54 Å². The minimum absolute atomic E-state index is 0.229. The van der Waals surface area contributed by atoms with Gasteiger partial charge in [-0.15, -0.1) is 0 Å². The Labute approximate surface area is 147 Å². The van der Waals surface area contributed by atoms with Gasteiger partial charge < -0.3 is 0 Å². The molecule has 0 bridgehead atoms. The maximum absolute atomic E-state index is 2.80. The molecule has 0 radical (unpaired) electrons. The van der Waals surface area contributed by atoms with E-state index in [1.807, 2.05) is 0 Å². The van der Waals surface area contributed by atoms with Crippen LogP contribution in [-0.4, -0.2) is 40.6 Å². The van der Waals surface area contributed by atoms with Crippen LogP contribution in [0.4, 0.5) is 0 Å². The molecule has 0 aromatic rings. The molecule has 0 aromatic carbocycles. The van der Waals surface area contributed by atoms with Gasteiger partial charge in [-0.05, 0) is 57.4 Å². The van der Waals surface area contributed by atoms with Crippen molar-refractivity contribution in [1.29, 1.82) is 0 Å². The predicted octanol–water partition coefficient (Wildman–Crippen LogP) is 5.63. The molecule has 0 aromatic heterocycles. The van der Waals surface area contributed by atoms with Gasteiger partial charge in [-0.1, -0.05) is 54.9 Å². The third-order valence-corrected chi connectivity index (χ3v) is 6.15. The largest absolute Gasteiger partial charge is 0.287 e. The van der Waals surface area contributed by atoms with E-state index in [0.717, 1.165) is 25.0 Å². The summed E-state index contributed by atoms with van der Waals surface area (Å²) in [6.07, 6.45) is 3.82.